The standard InChI is InChI=1S/C52H68N11O9/c1-11-67-52(66)62-24-37(25-62)56-49-30(4)47(57-50(59-49)35-13-12-14-40(20-35)69-26-38(64)22-53-9)45-32(6)63(72-34(45)8)43-16-15-41(70-27-39(65)23-54-10)21-42(43)51-58-46(44-31(5)61-71-33(44)7)29(3)48(60-51)55-36-17-18-68-28(2)19-36/h12-16,20-21,28,36-39,53-54,64-65H,11,17-19,22-27H2,1-10H3,(H,55,58,60)(H,56,57,59)/q+1. The van der Waals surface area contributed by atoms with Crippen LogP contribution in [0.2, 0.25) is 0 Å². The summed E-state index contributed by atoms with van der Waals surface area (Å²) in [6, 6.07) is 13.1. The summed E-state index contributed by atoms with van der Waals surface area (Å²) in [5.74, 6) is 4.32. The van der Waals surface area contributed by atoms with Gasteiger partial charge in [0.1, 0.15) is 59.9 Å². The van der Waals surface area contributed by atoms with Gasteiger partial charge in [-0.2, -0.15) is 0 Å². The number of nitrogens with zero attached hydrogens (tertiary/aromatic N) is 7. The highest BCUT2D eigenvalue weighted by molar-refractivity contribution is 5.78. The van der Waals surface area contributed by atoms with Crippen molar-refractivity contribution in [3.8, 4) is 62.5 Å². The molecule has 2 aromatic carbocycles. The van der Waals surface area contributed by atoms with Gasteiger partial charge in [0.05, 0.1) is 47.0 Å². The van der Waals surface area contributed by atoms with E-state index in [1.165, 1.54) is 0 Å². The Morgan fingerprint density at radius 1 is 0.819 bits per heavy atom. The number of aliphatic hydroxyl groups is 2. The molecule has 2 saturated heterocycles. The summed E-state index contributed by atoms with van der Waals surface area (Å²) in [4.78, 5) is 35.0. The summed E-state index contributed by atoms with van der Waals surface area (Å²) in [5, 5.41) is 38.6. The molecule has 384 valence electrons. The first kappa shape index (κ1) is 51.6. The van der Waals surface area contributed by atoms with E-state index in [0.29, 0.717) is 120 Å². The number of aromatic nitrogens is 6. The van der Waals surface area contributed by atoms with Gasteiger partial charge in [-0.1, -0.05) is 17.3 Å². The maximum absolute atomic E-state index is 12.5. The number of ether oxygens (including phenoxy) is 4. The molecule has 6 heterocycles. The molecule has 0 aliphatic carbocycles. The second-order valence-corrected chi connectivity index (χ2v) is 18.6. The van der Waals surface area contributed by atoms with Crippen molar-refractivity contribution in [1.82, 2.24) is 40.6 Å². The summed E-state index contributed by atoms with van der Waals surface area (Å²) in [6.45, 7) is 18.2. The third kappa shape index (κ3) is 11.5. The first-order chi connectivity index (χ1) is 34.6. The topological polar surface area (TPSA) is 240 Å². The highest BCUT2D eigenvalue weighted by Crippen LogP contribution is 2.38. The van der Waals surface area contributed by atoms with E-state index >= 15 is 0 Å². The molecule has 6 N–H and O–H groups in total. The van der Waals surface area contributed by atoms with E-state index in [4.69, 9.17) is 47.9 Å². The molecular formula is C52H68N11O9+. The van der Waals surface area contributed by atoms with E-state index in [0.717, 1.165) is 40.8 Å². The largest absolute Gasteiger partial charge is 0.491 e. The molecule has 20 heteroatoms. The van der Waals surface area contributed by atoms with Crippen molar-refractivity contribution < 1.29 is 47.7 Å². The van der Waals surface area contributed by atoms with E-state index in [2.05, 4.69) is 33.3 Å². The zero-order valence-electron chi connectivity index (χ0n) is 42.9. The van der Waals surface area contributed by atoms with Gasteiger partial charge in [0.2, 0.25) is 5.69 Å². The molecule has 8 rings (SSSR count). The summed E-state index contributed by atoms with van der Waals surface area (Å²) in [6.07, 6.45) is -0.106. The van der Waals surface area contributed by atoms with Crippen LogP contribution in [0.25, 0.3) is 51.0 Å². The summed E-state index contributed by atoms with van der Waals surface area (Å²) in [7, 11) is 3.55. The molecule has 2 aliphatic heterocycles. The summed E-state index contributed by atoms with van der Waals surface area (Å²) in [5.41, 5.74) is 7.75. The number of carbonyl (C=O) groups excluding carboxylic acids is 1. The Labute approximate surface area is 419 Å². The van der Waals surface area contributed by atoms with Crippen LogP contribution in [0.4, 0.5) is 16.4 Å². The molecular weight excluding hydrogens is 923 g/mol. The molecule has 2 fully saturated rings. The van der Waals surface area contributed by atoms with Gasteiger partial charge < -0.3 is 59.9 Å². The Hall–Kier alpha value is -6.71. The maximum Gasteiger partial charge on any atom is 0.409 e. The van der Waals surface area contributed by atoms with Crippen molar-refractivity contribution in [2.75, 3.05) is 77.3 Å². The molecule has 1 amide bonds. The Balaban J connectivity index is 1.26. The Morgan fingerprint density at radius 3 is 2.10 bits per heavy atom. The van der Waals surface area contributed by atoms with Gasteiger partial charge in [0.15, 0.2) is 17.4 Å². The number of carbonyl (C=O) groups is 1. The van der Waals surface area contributed by atoms with Crippen molar-refractivity contribution in [3.05, 3.63) is 76.5 Å². The van der Waals surface area contributed by atoms with Gasteiger partial charge >= 0.3 is 6.09 Å². The maximum atomic E-state index is 12.5. The Kier molecular flexibility index (Phi) is 16.3. The molecule has 72 heavy (non-hydrogen) atoms. The van der Waals surface area contributed by atoms with E-state index in [1.54, 1.807) is 30.7 Å². The monoisotopic (exact) mass is 991 g/mol. The van der Waals surface area contributed by atoms with Crippen molar-refractivity contribution >= 4 is 17.7 Å². The number of likely N-dealkylation sites (tertiary alicyclic amines) is 1. The lowest BCUT2D eigenvalue weighted by molar-refractivity contribution is -0.789. The number of nitrogens with one attached hydrogen (secondary N) is 4. The molecule has 0 bridgehead atoms. The molecule has 0 radical (unpaired) electrons. The van der Waals surface area contributed by atoms with E-state index < -0.39 is 12.2 Å². The lowest BCUT2D eigenvalue weighted by Crippen LogP contribution is -2.57. The average Bonchev–Trinajstić information content (AvgIpc) is 3.84. The summed E-state index contributed by atoms with van der Waals surface area (Å²) >= 11 is 0. The first-order valence-corrected chi connectivity index (χ1v) is 24.6. The minimum absolute atomic E-state index is 0.0460. The van der Waals surface area contributed by atoms with Crippen LogP contribution in [0.5, 0.6) is 11.5 Å². The number of aryl methyl sites for hydroxylation is 3. The third-order valence-electron chi connectivity index (χ3n) is 12.9. The van der Waals surface area contributed by atoms with Crippen LogP contribution in [0.15, 0.2) is 51.5 Å². The average molecular weight is 991 g/mol. The van der Waals surface area contributed by atoms with Crippen LogP contribution < -0.4 is 35.5 Å². The predicted molar refractivity (Wildman–Crippen MR) is 271 cm³/mol. The minimum atomic E-state index is -0.753. The van der Waals surface area contributed by atoms with Crippen molar-refractivity contribution in [1.29, 1.82) is 0 Å². The number of anilines is 2. The predicted octanol–water partition coefficient (Wildman–Crippen LogP) is 5.79. The molecule has 4 aromatic heterocycles. The minimum Gasteiger partial charge on any atom is -0.491 e. The van der Waals surface area contributed by atoms with Crippen LogP contribution in [0.1, 0.15) is 60.7 Å². The quantitative estimate of drug-likeness (QED) is 0.0496. The normalized spacial score (nSPS) is 16.8. The second kappa shape index (κ2) is 22.8. The van der Waals surface area contributed by atoms with E-state index in [9.17, 15) is 15.0 Å². The Bertz CT molecular complexity index is 2840. The molecule has 0 spiro atoms. The molecule has 4 unspecified atom stereocenters. The van der Waals surface area contributed by atoms with Gasteiger partial charge in [0, 0.05) is 80.2 Å². The van der Waals surface area contributed by atoms with Gasteiger partial charge in [-0.3, -0.25) is 0 Å². The van der Waals surface area contributed by atoms with Crippen LogP contribution in [-0.2, 0) is 9.47 Å². The number of amides is 1. The van der Waals surface area contributed by atoms with Crippen LogP contribution >= 0.6 is 0 Å². The Morgan fingerprint density at radius 2 is 1.46 bits per heavy atom. The first-order valence-electron chi connectivity index (χ1n) is 24.6. The van der Waals surface area contributed by atoms with E-state index in [-0.39, 0.29) is 37.5 Å². The number of aliphatic hydroxyl groups excluding tert-OH is 2. The van der Waals surface area contributed by atoms with Crippen LogP contribution in [0.3, 0.4) is 0 Å². The highest BCUT2D eigenvalue weighted by atomic mass is 16.6. The van der Waals surface area contributed by atoms with Crippen molar-refractivity contribution in [3.63, 3.8) is 0 Å². The molecule has 0 saturated carbocycles. The fourth-order valence-corrected chi connectivity index (χ4v) is 9.16. The van der Waals surface area contributed by atoms with Gasteiger partial charge in [-0.05, 0) is 92.7 Å². The van der Waals surface area contributed by atoms with E-state index in [1.807, 2.05) is 84.0 Å². The molecule has 2 aliphatic rings. The fraction of sp³-hybridized carbons (Fsp3) is 0.481. The highest BCUT2D eigenvalue weighted by Gasteiger charge is 2.36. The molecule has 4 atom stereocenters. The number of hydrogen-bond acceptors (Lipinski definition) is 18. The smallest absolute Gasteiger partial charge is 0.409 e. The number of hydrogen-bond donors (Lipinski definition) is 6. The number of rotatable bonds is 20. The lowest BCUT2D eigenvalue weighted by Gasteiger charge is -2.39. The van der Waals surface area contributed by atoms with Crippen molar-refractivity contribution in [2.45, 2.75) is 98.6 Å². The molecule has 6 aromatic rings. The summed E-state index contributed by atoms with van der Waals surface area (Å²) < 4.78 is 37.6. The van der Waals surface area contributed by atoms with Crippen LogP contribution in [0, 0.1) is 41.5 Å². The zero-order chi connectivity index (χ0) is 51.2. The molecule has 20 nitrogen and oxygen atoms in total. The number of benzene rings is 2. The SMILES string of the molecule is CCOC(=O)N1CC(Nc2nc(-c3cccc(OCC(O)CNC)c3)nc(-c3c(C)o[n+](-c4ccc(OCC(O)CNC)cc4-c4nc(NC5CCOC(C)C5)c(C)c(-c5c(C)noc5C)n4)c3C)c2C)C1. The van der Waals surface area contributed by atoms with Gasteiger partial charge in [0.25, 0.3) is 5.69 Å². The van der Waals surface area contributed by atoms with Gasteiger partial charge in [-0.15, -0.1) is 0 Å². The van der Waals surface area contributed by atoms with Crippen molar-refractivity contribution in [2.24, 2.45) is 0 Å². The lowest BCUT2D eigenvalue weighted by atomic mass is 10.0. The second-order valence-electron chi connectivity index (χ2n) is 18.6. The van der Waals surface area contributed by atoms with Crippen LogP contribution in [-0.4, -0.2) is 143 Å². The fourth-order valence-electron chi connectivity index (χ4n) is 9.16. The van der Waals surface area contributed by atoms with Gasteiger partial charge in [-0.25, -0.2) is 29.3 Å². The third-order valence-corrected chi connectivity index (χ3v) is 12.9. The zero-order valence-corrected chi connectivity index (χ0v) is 42.9. The number of likely N-dealkylation sites (N-methyl/N-ethyl adjacent to an activating group) is 2.